The molecule has 1 aromatic heterocycles. The highest BCUT2D eigenvalue weighted by molar-refractivity contribution is 7.99. The number of nitrogens with zero attached hydrogens (tertiary/aromatic N) is 1. The van der Waals surface area contributed by atoms with Crippen molar-refractivity contribution in [3.05, 3.63) is 47.9 Å². The molecule has 0 aliphatic carbocycles. The first kappa shape index (κ1) is 12.9. The largest absolute Gasteiger partial charge is 0.440 e. The molecule has 1 heterocycles. The SMILES string of the molecule is CC(C)c1ccc(C(=O)CSc2ncco2)cc1. The molecule has 2 aromatic rings. The maximum Gasteiger partial charge on any atom is 0.255 e. The van der Waals surface area contributed by atoms with E-state index in [-0.39, 0.29) is 5.78 Å². The molecule has 0 N–H and O–H groups in total. The van der Waals surface area contributed by atoms with E-state index in [9.17, 15) is 4.79 Å². The highest BCUT2D eigenvalue weighted by Crippen LogP contribution is 2.18. The lowest BCUT2D eigenvalue weighted by Crippen LogP contribution is -2.02. The van der Waals surface area contributed by atoms with Crippen molar-refractivity contribution in [1.82, 2.24) is 4.98 Å². The lowest BCUT2D eigenvalue weighted by molar-refractivity contribution is 0.102. The van der Waals surface area contributed by atoms with Crippen LogP contribution in [-0.4, -0.2) is 16.5 Å². The zero-order valence-electron chi connectivity index (χ0n) is 10.4. The van der Waals surface area contributed by atoms with E-state index in [0.29, 0.717) is 16.9 Å². The molecule has 94 valence electrons. The number of oxazole rings is 1. The molecule has 3 nitrogen and oxygen atoms in total. The second kappa shape index (κ2) is 5.87. The third-order valence-electron chi connectivity index (χ3n) is 2.64. The van der Waals surface area contributed by atoms with Crippen molar-refractivity contribution in [1.29, 1.82) is 0 Å². The van der Waals surface area contributed by atoms with Gasteiger partial charge in [0.15, 0.2) is 5.78 Å². The van der Waals surface area contributed by atoms with Gasteiger partial charge in [-0.3, -0.25) is 4.79 Å². The van der Waals surface area contributed by atoms with Crippen LogP contribution in [0.1, 0.15) is 35.7 Å². The number of carbonyl (C=O) groups excluding carboxylic acids is 1. The molecular weight excluding hydrogens is 246 g/mol. The summed E-state index contributed by atoms with van der Waals surface area (Å²) in [6.07, 6.45) is 3.08. The van der Waals surface area contributed by atoms with Crippen molar-refractivity contribution in [2.24, 2.45) is 0 Å². The second-order valence-corrected chi connectivity index (χ2v) is 5.21. The van der Waals surface area contributed by atoms with Gasteiger partial charge in [-0.1, -0.05) is 49.9 Å². The minimum absolute atomic E-state index is 0.0912. The number of hydrogen-bond acceptors (Lipinski definition) is 4. The lowest BCUT2D eigenvalue weighted by atomic mass is 10.0. The van der Waals surface area contributed by atoms with Crippen LogP contribution >= 0.6 is 11.8 Å². The fourth-order valence-electron chi connectivity index (χ4n) is 1.55. The van der Waals surface area contributed by atoms with Crippen LogP contribution in [0.2, 0.25) is 0 Å². The summed E-state index contributed by atoms with van der Waals surface area (Å²) in [5.41, 5.74) is 1.98. The summed E-state index contributed by atoms with van der Waals surface area (Å²) >= 11 is 1.31. The smallest absolute Gasteiger partial charge is 0.255 e. The van der Waals surface area contributed by atoms with E-state index in [0.717, 1.165) is 5.56 Å². The van der Waals surface area contributed by atoms with Crippen LogP contribution in [0.3, 0.4) is 0 Å². The van der Waals surface area contributed by atoms with Gasteiger partial charge in [-0.05, 0) is 11.5 Å². The lowest BCUT2D eigenvalue weighted by Gasteiger charge is -2.05. The number of aromatic nitrogens is 1. The molecule has 2 rings (SSSR count). The van der Waals surface area contributed by atoms with Crippen LogP contribution in [0.4, 0.5) is 0 Å². The Hall–Kier alpha value is -1.55. The van der Waals surface area contributed by atoms with Gasteiger partial charge >= 0.3 is 0 Å². The molecule has 0 spiro atoms. The summed E-state index contributed by atoms with van der Waals surface area (Å²) in [7, 11) is 0. The summed E-state index contributed by atoms with van der Waals surface area (Å²) in [6.45, 7) is 4.27. The van der Waals surface area contributed by atoms with Crippen molar-refractivity contribution in [3.63, 3.8) is 0 Å². The fraction of sp³-hybridized carbons (Fsp3) is 0.286. The van der Waals surface area contributed by atoms with E-state index >= 15 is 0 Å². The molecule has 0 radical (unpaired) electrons. The summed E-state index contributed by atoms with van der Waals surface area (Å²) < 4.78 is 5.07. The maximum atomic E-state index is 11.9. The van der Waals surface area contributed by atoms with Gasteiger partial charge in [-0.2, -0.15) is 0 Å². The highest BCUT2D eigenvalue weighted by atomic mass is 32.2. The molecule has 18 heavy (non-hydrogen) atoms. The maximum absolute atomic E-state index is 11.9. The van der Waals surface area contributed by atoms with E-state index in [4.69, 9.17) is 4.42 Å². The van der Waals surface area contributed by atoms with Gasteiger partial charge in [-0.15, -0.1) is 0 Å². The first-order valence-electron chi connectivity index (χ1n) is 5.82. The molecular formula is C14H15NO2S. The van der Waals surface area contributed by atoms with Crippen molar-refractivity contribution in [2.45, 2.75) is 25.0 Å². The predicted molar refractivity (Wildman–Crippen MR) is 72.1 cm³/mol. The molecule has 0 saturated heterocycles. The highest BCUT2D eigenvalue weighted by Gasteiger charge is 2.09. The minimum Gasteiger partial charge on any atom is -0.440 e. The van der Waals surface area contributed by atoms with E-state index < -0.39 is 0 Å². The quantitative estimate of drug-likeness (QED) is 0.607. The number of carbonyl (C=O) groups is 1. The number of benzene rings is 1. The van der Waals surface area contributed by atoms with Crippen LogP contribution in [0.5, 0.6) is 0 Å². The van der Waals surface area contributed by atoms with Crippen LogP contribution in [0.15, 0.2) is 46.4 Å². The van der Waals surface area contributed by atoms with E-state index in [2.05, 4.69) is 18.8 Å². The van der Waals surface area contributed by atoms with Crippen LogP contribution in [0.25, 0.3) is 0 Å². The average Bonchev–Trinajstić information content (AvgIpc) is 2.89. The van der Waals surface area contributed by atoms with Crippen molar-refractivity contribution in [3.8, 4) is 0 Å². The molecule has 0 amide bonds. The fourth-order valence-corrected chi connectivity index (χ4v) is 2.23. The van der Waals surface area contributed by atoms with E-state index in [1.807, 2.05) is 24.3 Å². The number of hydrogen-bond donors (Lipinski definition) is 0. The van der Waals surface area contributed by atoms with Crippen LogP contribution in [0, 0.1) is 0 Å². The van der Waals surface area contributed by atoms with Gasteiger partial charge in [-0.25, -0.2) is 4.98 Å². The minimum atomic E-state index is 0.0912. The van der Waals surface area contributed by atoms with Crippen molar-refractivity contribution < 1.29 is 9.21 Å². The summed E-state index contributed by atoms with van der Waals surface area (Å²) in [5, 5.41) is 0.530. The van der Waals surface area contributed by atoms with Gasteiger partial charge < -0.3 is 4.42 Å². The molecule has 4 heteroatoms. The third kappa shape index (κ3) is 3.23. The number of ketones is 1. The third-order valence-corrected chi connectivity index (χ3v) is 3.49. The zero-order valence-corrected chi connectivity index (χ0v) is 11.2. The van der Waals surface area contributed by atoms with Gasteiger partial charge in [0.05, 0.1) is 11.9 Å². The second-order valence-electron chi connectivity index (χ2n) is 4.29. The van der Waals surface area contributed by atoms with Gasteiger partial charge in [0, 0.05) is 5.56 Å². The van der Waals surface area contributed by atoms with Gasteiger partial charge in [0.2, 0.25) is 0 Å². The Morgan fingerprint density at radius 2 is 2.06 bits per heavy atom. The Kier molecular flexibility index (Phi) is 4.20. The number of rotatable bonds is 5. The summed E-state index contributed by atoms with van der Waals surface area (Å²) in [6, 6.07) is 7.78. The van der Waals surface area contributed by atoms with Crippen molar-refractivity contribution >= 4 is 17.5 Å². The normalized spacial score (nSPS) is 10.8. The average molecular weight is 261 g/mol. The first-order valence-corrected chi connectivity index (χ1v) is 6.81. The predicted octanol–water partition coefficient (Wildman–Crippen LogP) is 3.77. The van der Waals surface area contributed by atoms with Gasteiger partial charge in [0.25, 0.3) is 5.22 Å². The molecule has 0 fully saturated rings. The Balaban J connectivity index is 1.96. The van der Waals surface area contributed by atoms with Crippen molar-refractivity contribution in [2.75, 3.05) is 5.75 Å². The van der Waals surface area contributed by atoms with Crippen LogP contribution in [-0.2, 0) is 0 Å². The summed E-state index contributed by atoms with van der Waals surface area (Å²) in [5.74, 6) is 0.922. The van der Waals surface area contributed by atoms with E-state index in [1.54, 1.807) is 6.20 Å². The molecule has 0 saturated carbocycles. The van der Waals surface area contributed by atoms with E-state index in [1.165, 1.54) is 23.6 Å². The number of thioether (sulfide) groups is 1. The monoisotopic (exact) mass is 261 g/mol. The molecule has 0 aliphatic heterocycles. The van der Waals surface area contributed by atoms with Crippen LogP contribution < -0.4 is 0 Å². The Bertz CT molecular complexity index is 503. The molecule has 0 unspecified atom stereocenters. The molecule has 0 bridgehead atoms. The molecule has 1 aromatic carbocycles. The Morgan fingerprint density at radius 3 is 2.61 bits per heavy atom. The molecule has 0 aliphatic rings. The standard InChI is InChI=1S/C14H15NO2S/c1-10(2)11-3-5-12(6-4-11)13(16)9-18-14-15-7-8-17-14/h3-8,10H,9H2,1-2H3. The Morgan fingerprint density at radius 1 is 1.33 bits per heavy atom. The molecule has 0 atom stereocenters. The summed E-state index contributed by atoms with van der Waals surface area (Å²) in [4.78, 5) is 15.9. The van der Waals surface area contributed by atoms with Gasteiger partial charge in [0.1, 0.15) is 6.26 Å². The Labute approximate surface area is 111 Å². The first-order chi connectivity index (χ1) is 8.66. The number of Topliss-reactive ketones (excluding diaryl/α,β-unsaturated/α-hetero) is 1. The zero-order chi connectivity index (χ0) is 13.0. The topological polar surface area (TPSA) is 43.1 Å².